The number of allylic oxidation sites excluding steroid dienone is 10. The molecule has 0 aromatic heterocycles. The van der Waals surface area contributed by atoms with Crippen molar-refractivity contribution in [2.75, 3.05) is 19.8 Å². The summed E-state index contributed by atoms with van der Waals surface area (Å²) in [5.74, 6) is 0.132. The van der Waals surface area contributed by atoms with Crippen LogP contribution in [0.2, 0.25) is 0 Å². The van der Waals surface area contributed by atoms with Crippen LogP contribution in [0.25, 0.3) is 0 Å². The number of hydrogen-bond acceptors (Lipinski definition) is 3. The van der Waals surface area contributed by atoms with Gasteiger partial charge in [-0.05, 0) is 124 Å². The van der Waals surface area contributed by atoms with Crippen molar-refractivity contribution >= 4 is 24.2 Å². The summed E-state index contributed by atoms with van der Waals surface area (Å²) >= 11 is 4.85. The Bertz CT molecular complexity index is 904. The number of nitrogens with one attached hydrogen (secondary N) is 1. The molecule has 0 radical (unpaired) electrons. The molecule has 0 bridgehead atoms. The van der Waals surface area contributed by atoms with E-state index in [9.17, 15) is 9.69 Å². The molecule has 0 heterocycles. The van der Waals surface area contributed by atoms with Gasteiger partial charge in [-0.2, -0.15) is 0 Å². The van der Waals surface area contributed by atoms with Crippen LogP contribution in [-0.2, 0) is 21.1 Å². The molecule has 0 aliphatic heterocycles. The normalized spacial score (nSPS) is 14.7. The van der Waals surface area contributed by atoms with E-state index in [2.05, 4.69) is 77.2 Å². The average Bonchev–Trinajstić information content (AvgIpc) is 2.86. The lowest BCUT2D eigenvalue weighted by Gasteiger charge is -2.09. The van der Waals surface area contributed by atoms with Crippen LogP contribution in [0.5, 0.6) is 0 Å². The molecule has 1 unspecified atom stereocenters. The lowest BCUT2D eigenvalue weighted by atomic mass is 10.0. The van der Waals surface area contributed by atoms with Crippen LogP contribution >= 0.6 is 6.49 Å². The Hall–Kier alpha value is -1.26. The lowest BCUT2D eigenvalue weighted by Crippen LogP contribution is -2.24. The van der Waals surface area contributed by atoms with Gasteiger partial charge in [0.15, 0.2) is 6.49 Å². The molecule has 230 valence electrons. The van der Waals surface area contributed by atoms with Gasteiger partial charge in [-0.1, -0.05) is 71.1 Å². The third kappa shape index (κ3) is 28.3. The Kier molecular flexibility index (Phi) is 23.6. The van der Waals surface area contributed by atoms with Crippen molar-refractivity contribution in [2.45, 2.75) is 131 Å². The van der Waals surface area contributed by atoms with Crippen LogP contribution in [-0.4, -0.2) is 30.6 Å². The summed E-state index contributed by atoms with van der Waals surface area (Å²) in [5.41, 5.74) is 7.15. The third-order valence-corrected chi connectivity index (χ3v) is 7.75. The van der Waals surface area contributed by atoms with Crippen LogP contribution in [0, 0.1) is 0 Å². The number of amides is 1. The van der Waals surface area contributed by atoms with E-state index in [0.717, 1.165) is 83.6 Å². The molecule has 0 aromatic rings. The van der Waals surface area contributed by atoms with Crippen molar-refractivity contribution < 1.29 is 14.2 Å². The topological polar surface area (TPSA) is 58.6 Å². The molecular weight excluding hydrogens is 533 g/mol. The maximum absolute atomic E-state index is 12.1. The second kappa shape index (κ2) is 24.3. The molecule has 0 spiro atoms. The van der Waals surface area contributed by atoms with E-state index < -0.39 is 6.49 Å². The van der Waals surface area contributed by atoms with E-state index >= 15 is 0 Å². The zero-order chi connectivity index (χ0) is 30.2. The van der Waals surface area contributed by atoms with E-state index in [1.54, 1.807) is 6.66 Å². The number of rotatable bonds is 23. The van der Waals surface area contributed by atoms with Crippen LogP contribution in [0.1, 0.15) is 131 Å². The van der Waals surface area contributed by atoms with Crippen LogP contribution < -0.4 is 5.32 Å². The Labute approximate surface area is 252 Å². The van der Waals surface area contributed by atoms with Gasteiger partial charge in [0, 0.05) is 19.6 Å². The molecule has 2 N–H and O–H groups in total. The molecule has 0 rings (SSSR count). The molecule has 0 aromatic carbocycles. The molecule has 1 amide bonds. The van der Waals surface area contributed by atoms with Gasteiger partial charge in [0.1, 0.15) is 0 Å². The van der Waals surface area contributed by atoms with Crippen molar-refractivity contribution in [1.82, 2.24) is 5.32 Å². The number of unbranched alkanes of at least 4 members (excludes halogenated alkanes) is 4. The van der Waals surface area contributed by atoms with E-state index in [-0.39, 0.29) is 5.91 Å². The molecule has 0 aliphatic carbocycles. The molecular formula is C34H60NO3PS. The minimum Gasteiger partial charge on any atom is -0.356 e. The minimum atomic E-state index is -2.52. The average molecular weight is 594 g/mol. The second-order valence-corrected chi connectivity index (χ2v) is 15.5. The summed E-state index contributed by atoms with van der Waals surface area (Å²) < 4.78 is 5.23. The van der Waals surface area contributed by atoms with E-state index in [1.165, 1.54) is 34.3 Å². The zero-order valence-electron chi connectivity index (χ0n) is 26.8. The van der Waals surface area contributed by atoms with E-state index in [1.807, 2.05) is 0 Å². The number of carbonyl (C=O) groups is 1. The molecule has 0 saturated carbocycles. The predicted octanol–water partition coefficient (Wildman–Crippen LogP) is 10.3. The molecule has 6 heteroatoms. The summed E-state index contributed by atoms with van der Waals surface area (Å²) in [5, 5.41) is 3.02. The highest BCUT2D eigenvalue weighted by Gasteiger charge is 2.04. The van der Waals surface area contributed by atoms with Crippen LogP contribution in [0.4, 0.5) is 0 Å². The van der Waals surface area contributed by atoms with Crippen molar-refractivity contribution in [3.05, 3.63) is 58.2 Å². The largest absolute Gasteiger partial charge is 0.356 e. The first-order valence-electron chi connectivity index (χ1n) is 15.4. The standard InChI is InChI=1S/C34H60NO3PS/c1-29(2)17-14-20-32(5)23-15-21-30(3)18-10-11-19-31(4)22-16-24-33(6)25-26-34(36)35-27-12-8-9-13-28-38-39(7,37)40/h17-19,23-24H,8-16,20-22,25-28H2,1-7H3,(H,35,36)(H,37,40)/b30-18+,31-19+,32-23+,33-24+. The summed E-state index contributed by atoms with van der Waals surface area (Å²) in [6.45, 7) is 13.5. The van der Waals surface area contributed by atoms with Gasteiger partial charge in [0.05, 0.1) is 6.61 Å². The Morgan fingerprint density at radius 3 is 1.62 bits per heavy atom. The highest BCUT2D eigenvalue weighted by atomic mass is 32.5. The summed E-state index contributed by atoms with van der Waals surface area (Å²) in [7, 11) is 0. The first kappa shape index (κ1) is 38.7. The molecule has 1 atom stereocenters. The van der Waals surface area contributed by atoms with Crippen LogP contribution in [0.3, 0.4) is 0 Å². The molecule has 0 aliphatic rings. The van der Waals surface area contributed by atoms with Crippen molar-refractivity contribution in [2.24, 2.45) is 0 Å². The van der Waals surface area contributed by atoms with Gasteiger partial charge in [-0.25, -0.2) is 0 Å². The summed E-state index contributed by atoms with van der Waals surface area (Å²) in [4.78, 5) is 21.5. The van der Waals surface area contributed by atoms with Gasteiger partial charge in [0.2, 0.25) is 5.91 Å². The summed E-state index contributed by atoms with van der Waals surface area (Å²) in [6, 6.07) is 0. The Morgan fingerprint density at radius 1 is 0.675 bits per heavy atom. The first-order valence-corrected chi connectivity index (χ1v) is 18.5. The predicted molar refractivity (Wildman–Crippen MR) is 180 cm³/mol. The second-order valence-electron chi connectivity index (χ2n) is 11.6. The smallest absolute Gasteiger partial charge is 0.220 e. The third-order valence-electron chi connectivity index (χ3n) is 6.78. The fraction of sp³-hybridized carbons (Fsp3) is 0.676. The maximum Gasteiger partial charge on any atom is 0.220 e. The van der Waals surface area contributed by atoms with Crippen LogP contribution in [0.15, 0.2) is 58.2 Å². The van der Waals surface area contributed by atoms with Crippen molar-refractivity contribution in [3.8, 4) is 0 Å². The Morgan fingerprint density at radius 2 is 1.12 bits per heavy atom. The molecule has 4 nitrogen and oxygen atoms in total. The van der Waals surface area contributed by atoms with Crippen molar-refractivity contribution in [3.63, 3.8) is 0 Å². The highest BCUT2D eigenvalue weighted by molar-refractivity contribution is 8.09. The van der Waals surface area contributed by atoms with Crippen molar-refractivity contribution in [1.29, 1.82) is 0 Å². The first-order chi connectivity index (χ1) is 18.9. The molecule has 40 heavy (non-hydrogen) atoms. The summed E-state index contributed by atoms with van der Waals surface area (Å²) in [6.07, 6.45) is 26.1. The van der Waals surface area contributed by atoms with Gasteiger partial charge in [-0.3, -0.25) is 4.79 Å². The number of hydrogen-bond donors (Lipinski definition) is 2. The quantitative estimate of drug-likeness (QED) is 0.0703. The van der Waals surface area contributed by atoms with Gasteiger partial charge in [0.25, 0.3) is 0 Å². The zero-order valence-corrected chi connectivity index (χ0v) is 28.5. The fourth-order valence-electron chi connectivity index (χ4n) is 4.19. The Balaban J connectivity index is 3.95. The minimum absolute atomic E-state index is 0.132. The van der Waals surface area contributed by atoms with Gasteiger partial charge >= 0.3 is 0 Å². The monoisotopic (exact) mass is 593 g/mol. The molecule has 0 saturated heterocycles. The lowest BCUT2D eigenvalue weighted by molar-refractivity contribution is -0.121. The fourth-order valence-corrected chi connectivity index (χ4v) is 4.88. The SMILES string of the molecule is CC(C)=CCC/C(C)=C/CC/C(C)=C/CC/C=C(\C)CC/C=C(\C)CCC(=O)NCCCCCCOP(C)(O)=S. The van der Waals surface area contributed by atoms with Gasteiger partial charge < -0.3 is 14.7 Å². The van der Waals surface area contributed by atoms with E-state index in [4.69, 9.17) is 16.3 Å². The maximum atomic E-state index is 12.1. The molecule has 0 fully saturated rings. The van der Waals surface area contributed by atoms with E-state index in [0.29, 0.717) is 13.0 Å². The van der Waals surface area contributed by atoms with Gasteiger partial charge in [-0.15, -0.1) is 0 Å². The highest BCUT2D eigenvalue weighted by Crippen LogP contribution is 2.37. The number of carbonyl (C=O) groups excluding carboxylic acids is 1.